The summed E-state index contributed by atoms with van der Waals surface area (Å²) in [5, 5.41) is 3.03. The first-order chi connectivity index (χ1) is 8.72. The summed E-state index contributed by atoms with van der Waals surface area (Å²) in [7, 11) is 0. The minimum atomic E-state index is 0.141. The van der Waals surface area contributed by atoms with Crippen molar-refractivity contribution in [1.29, 1.82) is 0 Å². The number of unbranched alkanes of at least 4 members (excludes halogenated alkanes) is 3. The smallest absolute Gasteiger partial charge is 0.220 e. The first-order valence-electron chi connectivity index (χ1n) is 7.18. The Kier molecular flexibility index (Phi) is 7.75. The van der Waals surface area contributed by atoms with Crippen LogP contribution in [0.1, 0.15) is 51.4 Å². The molecule has 1 aliphatic rings. The predicted molar refractivity (Wildman–Crippen MR) is 79.8 cm³/mol. The molecule has 1 rings (SSSR count). The average Bonchev–Trinajstić information content (AvgIpc) is 2.33. The van der Waals surface area contributed by atoms with Crippen LogP contribution >= 0.6 is 11.8 Å². The molecule has 0 atom stereocenters. The summed E-state index contributed by atoms with van der Waals surface area (Å²) < 4.78 is 0. The second kappa shape index (κ2) is 8.81. The van der Waals surface area contributed by atoms with Gasteiger partial charge in [0, 0.05) is 13.0 Å². The number of carbonyl (C=O) groups excluding carboxylic acids is 1. The lowest BCUT2D eigenvalue weighted by molar-refractivity contribution is -0.124. The Morgan fingerprint density at radius 2 is 2.00 bits per heavy atom. The molecule has 4 heteroatoms. The normalized spacial score (nSPS) is 17.2. The van der Waals surface area contributed by atoms with Gasteiger partial charge in [0.05, 0.1) is 0 Å². The molecule has 3 nitrogen and oxygen atoms in total. The van der Waals surface area contributed by atoms with Gasteiger partial charge in [-0.1, -0.05) is 19.3 Å². The van der Waals surface area contributed by atoms with Crippen LogP contribution in [0.25, 0.3) is 0 Å². The number of carbonyl (C=O) groups is 1. The van der Waals surface area contributed by atoms with Crippen LogP contribution in [0.15, 0.2) is 0 Å². The zero-order valence-corrected chi connectivity index (χ0v) is 12.5. The van der Waals surface area contributed by atoms with Crippen LogP contribution in [0.5, 0.6) is 0 Å². The zero-order chi connectivity index (χ0) is 13.3. The summed E-state index contributed by atoms with van der Waals surface area (Å²) in [4.78, 5) is 11.8. The molecule has 18 heavy (non-hydrogen) atoms. The maximum absolute atomic E-state index is 11.8. The Morgan fingerprint density at radius 3 is 2.56 bits per heavy atom. The van der Waals surface area contributed by atoms with Crippen molar-refractivity contribution in [2.75, 3.05) is 25.1 Å². The molecular weight excluding hydrogens is 244 g/mol. The van der Waals surface area contributed by atoms with Crippen molar-refractivity contribution < 1.29 is 4.79 Å². The molecule has 0 aromatic carbocycles. The molecular formula is C14H28N2OS. The SMILES string of the molecule is CSCCCCCCNC(=O)CC1(CN)CCC1. The molecule has 0 bridgehead atoms. The van der Waals surface area contributed by atoms with Gasteiger partial charge in [-0.3, -0.25) is 4.79 Å². The van der Waals surface area contributed by atoms with Crippen LogP contribution in [-0.2, 0) is 4.79 Å². The molecule has 0 saturated heterocycles. The van der Waals surface area contributed by atoms with E-state index in [0.717, 1.165) is 25.8 Å². The maximum Gasteiger partial charge on any atom is 0.220 e. The highest BCUT2D eigenvalue weighted by atomic mass is 32.2. The summed E-state index contributed by atoms with van der Waals surface area (Å²) in [5.41, 5.74) is 5.90. The minimum Gasteiger partial charge on any atom is -0.356 e. The number of hydrogen-bond acceptors (Lipinski definition) is 3. The van der Waals surface area contributed by atoms with Gasteiger partial charge in [0.1, 0.15) is 0 Å². The summed E-state index contributed by atoms with van der Waals surface area (Å²) in [6.07, 6.45) is 11.2. The van der Waals surface area contributed by atoms with E-state index >= 15 is 0 Å². The number of amides is 1. The number of rotatable bonds is 10. The van der Waals surface area contributed by atoms with E-state index in [0.29, 0.717) is 13.0 Å². The van der Waals surface area contributed by atoms with Crippen LogP contribution in [-0.4, -0.2) is 31.0 Å². The highest BCUT2D eigenvalue weighted by molar-refractivity contribution is 7.98. The predicted octanol–water partition coefficient (Wildman–Crippen LogP) is 2.55. The number of nitrogens with two attached hydrogens (primary N) is 1. The third-order valence-electron chi connectivity index (χ3n) is 3.98. The van der Waals surface area contributed by atoms with Gasteiger partial charge in [-0.2, -0.15) is 11.8 Å². The van der Waals surface area contributed by atoms with Crippen molar-refractivity contribution in [3.63, 3.8) is 0 Å². The van der Waals surface area contributed by atoms with E-state index in [9.17, 15) is 4.79 Å². The highest BCUT2D eigenvalue weighted by Crippen LogP contribution is 2.42. The molecule has 0 heterocycles. The minimum absolute atomic E-state index is 0.141. The second-order valence-electron chi connectivity index (χ2n) is 5.49. The van der Waals surface area contributed by atoms with E-state index in [1.807, 2.05) is 11.8 Å². The lowest BCUT2D eigenvalue weighted by Crippen LogP contribution is -2.42. The lowest BCUT2D eigenvalue weighted by Gasteiger charge is -2.40. The Labute approximate surface area is 116 Å². The Morgan fingerprint density at radius 1 is 1.28 bits per heavy atom. The summed E-state index contributed by atoms with van der Waals surface area (Å²) >= 11 is 1.91. The van der Waals surface area contributed by atoms with Gasteiger partial charge in [-0.15, -0.1) is 0 Å². The zero-order valence-electron chi connectivity index (χ0n) is 11.7. The van der Waals surface area contributed by atoms with Crippen molar-refractivity contribution in [3.05, 3.63) is 0 Å². The Bertz CT molecular complexity index is 236. The van der Waals surface area contributed by atoms with Crippen molar-refractivity contribution in [2.45, 2.75) is 51.4 Å². The van der Waals surface area contributed by atoms with Gasteiger partial charge >= 0.3 is 0 Å². The largest absolute Gasteiger partial charge is 0.356 e. The molecule has 1 aliphatic carbocycles. The Balaban J connectivity index is 1.97. The van der Waals surface area contributed by atoms with E-state index in [-0.39, 0.29) is 11.3 Å². The van der Waals surface area contributed by atoms with Crippen LogP contribution in [0.3, 0.4) is 0 Å². The summed E-state index contributed by atoms with van der Waals surface area (Å²) in [6, 6.07) is 0. The van der Waals surface area contributed by atoms with E-state index in [4.69, 9.17) is 5.73 Å². The highest BCUT2D eigenvalue weighted by Gasteiger charge is 2.37. The average molecular weight is 272 g/mol. The molecule has 0 aromatic heterocycles. The Hall–Kier alpha value is -0.220. The number of hydrogen-bond donors (Lipinski definition) is 2. The summed E-state index contributed by atoms with van der Waals surface area (Å²) in [6.45, 7) is 1.49. The van der Waals surface area contributed by atoms with Gasteiger partial charge < -0.3 is 11.1 Å². The molecule has 106 valence electrons. The van der Waals surface area contributed by atoms with Crippen molar-refractivity contribution >= 4 is 17.7 Å². The van der Waals surface area contributed by atoms with Crippen LogP contribution in [0, 0.1) is 5.41 Å². The number of thioether (sulfide) groups is 1. The first kappa shape index (κ1) is 15.8. The quantitative estimate of drug-likeness (QED) is 0.601. The summed E-state index contributed by atoms with van der Waals surface area (Å²) in [5.74, 6) is 1.45. The van der Waals surface area contributed by atoms with Gasteiger partial charge in [0.15, 0.2) is 0 Å². The van der Waals surface area contributed by atoms with E-state index in [2.05, 4.69) is 11.6 Å². The van der Waals surface area contributed by atoms with Gasteiger partial charge in [-0.25, -0.2) is 0 Å². The topological polar surface area (TPSA) is 55.1 Å². The third kappa shape index (κ3) is 5.61. The molecule has 3 N–H and O–H groups in total. The molecule has 0 radical (unpaired) electrons. The van der Waals surface area contributed by atoms with Crippen LogP contribution in [0.4, 0.5) is 0 Å². The molecule has 0 aromatic rings. The maximum atomic E-state index is 11.8. The van der Waals surface area contributed by atoms with Crippen molar-refractivity contribution in [1.82, 2.24) is 5.32 Å². The molecule has 0 spiro atoms. The molecule has 0 unspecified atom stereocenters. The third-order valence-corrected chi connectivity index (χ3v) is 4.68. The van der Waals surface area contributed by atoms with Gasteiger partial charge in [-0.05, 0) is 49.7 Å². The lowest BCUT2D eigenvalue weighted by atomic mass is 9.66. The van der Waals surface area contributed by atoms with Crippen molar-refractivity contribution in [3.8, 4) is 0 Å². The molecule has 1 saturated carbocycles. The standard InChI is InChI=1S/C14H28N2OS/c1-18-10-5-3-2-4-9-16-13(17)11-14(12-15)7-6-8-14/h2-12,15H2,1H3,(H,16,17). The van der Waals surface area contributed by atoms with E-state index in [1.165, 1.54) is 31.4 Å². The monoisotopic (exact) mass is 272 g/mol. The van der Waals surface area contributed by atoms with Crippen LogP contribution < -0.4 is 11.1 Å². The van der Waals surface area contributed by atoms with E-state index in [1.54, 1.807) is 0 Å². The fraction of sp³-hybridized carbons (Fsp3) is 0.929. The second-order valence-corrected chi connectivity index (χ2v) is 6.48. The fourth-order valence-corrected chi connectivity index (χ4v) is 2.98. The van der Waals surface area contributed by atoms with Gasteiger partial charge in [0.25, 0.3) is 0 Å². The molecule has 0 aliphatic heterocycles. The van der Waals surface area contributed by atoms with Crippen molar-refractivity contribution in [2.24, 2.45) is 11.1 Å². The van der Waals surface area contributed by atoms with Gasteiger partial charge in [0.2, 0.25) is 5.91 Å². The fourth-order valence-electron chi connectivity index (χ4n) is 2.49. The first-order valence-corrected chi connectivity index (χ1v) is 8.57. The van der Waals surface area contributed by atoms with Crippen LogP contribution in [0.2, 0.25) is 0 Å². The number of nitrogens with one attached hydrogen (secondary N) is 1. The molecule has 1 fully saturated rings. The molecule has 1 amide bonds. The van der Waals surface area contributed by atoms with E-state index < -0.39 is 0 Å².